The average Bonchev–Trinajstić information content (AvgIpc) is 2.84. The first-order chi connectivity index (χ1) is 17.9. The van der Waals surface area contributed by atoms with Crippen LogP contribution >= 0.6 is 0 Å². The van der Waals surface area contributed by atoms with Gasteiger partial charge >= 0.3 is 6.03 Å². The lowest BCUT2D eigenvalue weighted by molar-refractivity contribution is 0.164. The highest BCUT2D eigenvalue weighted by Crippen LogP contribution is 2.39. The lowest BCUT2D eigenvalue weighted by Gasteiger charge is -2.25. The zero-order valence-corrected chi connectivity index (χ0v) is 23.3. The van der Waals surface area contributed by atoms with Crippen molar-refractivity contribution in [2.75, 3.05) is 41.8 Å². The van der Waals surface area contributed by atoms with E-state index in [-0.39, 0.29) is 23.0 Å². The molecule has 9 nitrogen and oxygen atoms in total. The standard InChI is InChI=1S/C28H36N4O5S/c1-28(2,3)18-16-23(26(36-4)24(17-18)32-38(5,34)35)31-27(33)30-22-10-11-25(21-9-7-6-8-20(21)22)37-19-12-14-29-15-13-19/h6-11,16-17,19,29,32H,12-15H2,1-5H3,(H2,30,31,33). The summed E-state index contributed by atoms with van der Waals surface area (Å²) in [6, 6.07) is 14.5. The Balaban J connectivity index is 1.63. The number of rotatable bonds is 7. The summed E-state index contributed by atoms with van der Waals surface area (Å²) in [6.45, 7) is 7.88. The fourth-order valence-electron chi connectivity index (χ4n) is 4.50. The molecule has 0 atom stereocenters. The molecule has 4 rings (SSSR count). The lowest BCUT2D eigenvalue weighted by Crippen LogP contribution is -2.34. The summed E-state index contributed by atoms with van der Waals surface area (Å²) in [5.74, 6) is 1.00. The van der Waals surface area contributed by atoms with Crippen molar-refractivity contribution < 1.29 is 22.7 Å². The third-order valence-corrected chi connectivity index (χ3v) is 7.01. The minimum atomic E-state index is -3.58. The molecule has 1 aliphatic heterocycles. The first-order valence-corrected chi connectivity index (χ1v) is 14.5. The molecular formula is C28H36N4O5S. The highest BCUT2D eigenvalue weighted by Gasteiger charge is 2.23. The van der Waals surface area contributed by atoms with Crippen LogP contribution < -0.4 is 30.1 Å². The first-order valence-electron chi connectivity index (χ1n) is 12.6. The molecule has 4 N–H and O–H groups in total. The molecular weight excluding hydrogens is 504 g/mol. The number of hydrogen-bond donors (Lipinski definition) is 4. The number of sulfonamides is 1. The number of urea groups is 1. The second-order valence-corrected chi connectivity index (χ2v) is 12.3. The molecule has 0 aromatic heterocycles. The molecule has 1 saturated heterocycles. The Labute approximate surface area is 224 Å². The highest BCUT2D eigenvalue weighted by molar-refractivity contribution is 7.92. The van der Waals surface area contributed by atoms with Gasteiger partial charge in [0, 0.05) is 10.8 Å². The fraction of sp³-hybridized carbons (Fsp3) is 0.393. The number of amides is 2. The molecule has 3 aromatic rings. The number of ether oxygens (including phenoxy) is 2. The van der Waals surface area contributed by atoms with Gasteiger partial charge in [0.05, 0.1) is 30.4 Å². The van der Waals surface area contributed by atoms with E-state index in [1.165, 1.54) is 7.11 Å². The van der Waals surface area contributed by atoms with Gasteiger partial charge in [-0.1, -0.05) is 45.0 Å². The van der Waals surface area contributed by atoms with E-state index >= 15 is 0 Å². The number of anilines is 3. The van der Waals surface area contributed by atoms with Crippen molar-refractivity contribution in [2.24, 2.45) is 0 Å². The molecule has 1 heterocycles. The first kappa shape index (κ1) is 27.5. The minimum absolute atomic E-state index is 0.152. The molecule has 0 bridgehead atoms. The van der Waals surface area contributed by atoms with Gasteiger partial charge in [-0.2, -0.15) is 0 Å². The van der Waals surface area contributed by atoms with Crippen molar-refractivity contribution in [3.05, 3.63) is 54.1 Å². The van der Waals surface area contributed by atoms with Crippen LogP contribution in [-0.2, 0) is 15.4 Å². The molecule has 2 amide bonds. The Kier molecular flexibility index (Phi) is 8.03. The second kappa shape index (κ2) is 11.1. The van der Waals surface area contributed by atoms with Gasteiger partial charge in [-0.05, 0) is 61.2 Å². The number of fused-ring (bicyclic) bond motifs is 1. The van der Waals surface area contributed by atoms with Gasteiger partial charge in [-0.15, -0.1) is 0 Å². The Morgan fingerprint density at radius 2 is 1.58 bits per heavy atom. The molecule has 0 aliphatic carbocycles. The minimum Gasteiger partial charge on any atom is -0.492 e. The molecule has 38 heavy (non-hydrogen) atoms. The van der Waals surface area contributed by atoms with Crippen molar-refractivity contribution in [3.8, 4) is 11.5 Å². The third kappa shape index (κ3) is 6.68. The predicted molar refractivity (Wildman–Crippen MR) is 153 cm³/mol. The number of benzene rings is 3. The quantitative estimate of drug-likeness (QED) is 0.323. The summed E-state index contributed by atoms with van der Waals surface area (Å²) >= 11 is 0. The lowest BCUT2D eigenvalue weighted by atomic mass is 9.86. The summed E-state index contributed by atoms with van der Waals surface area (Å²) in [5, 5.41) is 10.9. The maximum absolute atomic E-state index is 13.2. The molecule has 3 aromatic carbocycles. The summed E-state index contributed by atoms with van der Waals surface area (Å²) < 4.78 is 38.3. The molecule has 0 spiro atoms. The molecule has 0 unspecified atom stereocenters. The Hall–Kier alpha value is -3.50. The van der Waals surface area contributed by atoms with Crippen LogP contribution in [0.5, 0.6) is 11.5 Å². The van der Waals surface area contributed by atoms with Gasteiger partial charge in [0.25, 0.3) is 0 Å². The number of hydrogen-bond acceptors (Lipinski definition) is 6. The summed E-state index contributed by atoms with van der Waals surface area (Å²) in [4.78, 5) is 13.2. The van der Waals surface area contributed by atoms with Crippen LogP contribution in [0.3, 0.4) is 0 Å². The van der Waals surface area contributed by atoms with Crippen LogP contribution in [0.2, 0.25) is 0 Å². The third-order valence-electron chi connectivity index (χ3n) is 6.41. The molecule has 1 aliphatic rings. The summed E-state index contributed by atoms with van der Waals surface area (Å²) in [6.07, 6.45) is 3.11. The van der Waals surface area contributed by atoms with Gasteiger partial charge < -0.3 is 25.4 Å². The number of piperidine rings is 1. The van der Waals surface area contributed by atoms with Crippen molar-refractivity contribution >= 4 is 43.9 Å². The van der Waals surface area contributed by atoms with E-state index in [9.17, 15) is 13.2 Å². The summed E-state index contributed by atoms with van der Waals surface area (Å²) in [5.41, 5.74) is 1.73. The van der Waals surface area contributed by atoms with E-state index in [1.54, 1.807) is 12.1 Å². The Bertz CT molecular complexity index is 1430. The SMILES string of the molecule is COc1c(NC(=O)Nc2ccc(OC3CCNCC3)c3ccccc23)cc(C(C)(C)C)cc1NS(C)(=O)=O. The van der Waals surface area contributed by atoms with Crippen molar-refractivity contribution in [3.63, 3.8) is 0 Å². The van der Waals surface area contributed by atoms with E-state index in [2.05, 4.69) is 20.7 Å². The van der Waals surface area contributed by atoms with Crippen LogP contribution in [-0.4, -0.2) is 47.0 Å². The van der Waals surface area contributed by atoms with Crippen molar-refractivity contribution in [1.29, 1.82) is 0 Å². The van der Waals surface area contributed by atoms with Crippen molar-refractivity contribution in [1.82, 2.24) is 5.32 Å². The molecule has 204 valence electrons. The van der Waals surface area contributed by atoms with Crippen molar-refractivity contribution in [2.45, 2.75) is 45.1 Å². The number of methoxy groups -OCH3 is 1. The average molecular weight is 541 g/mol. The van der Waals surface area contributed by atoms with Gasteiger partial charge in [0.1, 0.15) is 11.9 Å². The smallest absolute Gasteiger partial charge is 0.323 e. The van der Waals surface area contributed by atoms with Crippen LogP contribution in [0.1, 0.15) is 39.2 Å². The number of carbonyl (C=O) groups is 1. The largest absolute Gasteiger partial charge is 0.492 e. The van der Waals surface area contributed by atoms with Gasteiger partial charge in [0.15, 0.2) is 5.75 Å². The van der Waals surface area contributed by atoms with Gasteiger partial charge in [0.2, 0.25) is 10.0 Å². The van der Waals surface area contributed by atoms with E-state index < -0.39 is 16.1 Å². The zero-order chi connectivity index (χ0) is 27.5. The van der Waals surface area contributed by atoms with Gasteiger partial charge in [-0.3, -0.25) is 4.72 Å². The maximum Gasteiger partial charge on any atom is 0.323 e. The maximum atomic E-state index is 13.2. The fourth-order valence-corrected chi connectivity index (χ4v) is 5.05. The van der Waals surface area contributed by atoms with Crippen LogP contribution in [0, 0.1) is 0 Å². The Morgan fingerprint density at radius 1 is 0.947 bits per heavy atom. The monoisotopic (exact) mass is 540 g/mol. The van der Waals surface area contributed by atoms with Crippen LogP contribution in [0.4, 0.5) is 21.9 Å². The molecule has 1 fully saturated rings. The topological polar surface area (TPSA) is 118 Å². The van der Waals surface area contributed by atoms with Crippen LogP contribution in [0.15, 0.2) is 48.5 Å². The van der Waals surface area contributed by atoms with Crippen LogP contribution in [0.25, 0.3) is 10.8 Å². The zero-order valence-electron chi connectivity index (χ0n) is 22.5. The predicted octanol–water partition coefficient (Wildman–Crippen LogP) is 5.29. The van der Waals surface area contributed by atoms with Gasteiger partial charge in [-0.25, -0.2) is 13.2 Å². The normalized spacial score (nSPS) is 14.7. The summed E-state index contributed by atoms with van der Waals surface area (Å²) in [7, 11) is -2.15. The molecule has 10 heteroatoms. The molecule has 0 saturated carbocycles. The number of carbonyl (C=O) groups excluding carboxylic acids is 1. The number of nitrogens with one attached hydrogen (secondary N) is 4. The van der Waals surface area contributed by atoms with E-state index in [4.69, 9.17) is 9.47 Å². The van der Waals surface area contributed by atoms with E-state index in [1.807, 2.05) is 57.2 Å². The van der Waals surface area contributed by atoms with E-state index in [0.717, 1.165) is 54.3 Å². The van der Waals surface area contributed by atoms with E-state index in [0.29, 0.717) is 11.4 Å². The second-order valence-electron chi connectivity index (χ2n) is 10.5. The highest BCUT2D eigenvalue weighted by atomic mass is 32.2. The Morgan fingerprint density at radius 3 is 2.21 bits per heavy atom. The molecule has 0 radical (unpaired) electrons.